The van der Waals surface area contributed by atoms with Gasteiger partial charge in [-0.2, -0.15) is 0 Å². The highest BCUT2D eigenvalue weighted by atomic mass is 16.6. The first-order chi connectivity index (χ1) is 22.3. The van der Waals surface area contributed by atoms with Gasteiger partial charge in [0.1, 0.15) is 19.3 Å². The second kappa shape index (κ2) is 33.5. The molecule has 0 aromatic carbocycles. The average Bonchev–Trinajstić information content (AvgIpc) is 3.03. The monoisotopic (exact) mass is 655 g/mol. The number of hydrogen-bond donors (Lipinski definition) is 3. The van der Waals surface area contributed by atoms with Crippen molar-refractivity contribution in [2.45, 2.75) is 206 Å². The smallest absolute Gasteiger partial charge is 0.305 e. The molecule has 3 atom stereocenters. The van der Waals surface area contributed by atoms with Crippen molar-refractivity contribution in [3.05, 3.63) is 12.2 Å². The maximum absolute atomic E-state index is 12.0. The van der Waals surface area contributed by atoms with Gasteiger partial charge in [0.05, 0.1) is 12.2 Å². The lowest BCUT2D eigenvalue weighted by atomic mass is 10.0. The maximum Gasteiger partial charge on any atom is 0.305 e. The van der Waals surface area contributed by atoms with Gasteiger partial charge in [0.15, 0.2) is 0 Å². The predicted molar refractivity (Wildman–Crippen MR) is 190 cm³/mol. The Morgan fingerprint density at radius 2 is 0.978 bits per heavy atom. The first kappa shape index (κ1) is 44.6. The fourth-order valence-corrected chi connectivity index (χ4v) is 5.53. The number of ether oxygens (including phenoxy) is 2. The Bertz CT molecular complexity index is 708. The van der Waals surface area contributed by atoms with Crippen LogP contribution >= 0.6 is 0 Å². The molecule has 0 radical (unpaired) electrons. The minimum absolute atomic E-state index is 0.153. The highest BCUT2D eigenvalue weighted by molar-refractivity contribution is 5.69. The third-order valence-electron chi connectivity index (χ3n) is 8.63. The van der Waals surface area contributed by atoms with E-state index in [1.54, 1.807) is 0 Å². The minimum atomic E-state index is -1.01. The molecule has 0 aliphatic carbocycles. The van der Waals surface area contributed by atoms with Crippen LogP contribution < -0.4 is 0 Å². The zero-order chi connectivity index (χ0) is 34.1. The summed E-state index contributed by atoms with van der Waals surface area (Å²) in [5.74, 6) is 0.165. The van der Waals surface area contributed by atoms with Crippen molar-refractivity contribution >= 4 is 11.9 Å². The molecule has 0 rings (SSSR count). The van der Waals surface area contributed by atoms with Crippen LogP contribution in [0.25, 0.3) is 0 Å². The van der Waals surface area contributed by atoms with E-state index >= 15 is 0 Å². The molecule has 0 saturated carbocycles. The molecule has 0 amide bonds. The summed E-state index contributed by atoms with van der Waals surface area (Å²) < 4.78 is 10.3. The van der Waals surface area contributed by atoms with Gasteiger partial charge in [0, 0.05) is 12.8 Å². The predicted octanol–water partition coefficient (Wildman–Crippen LogP) is 9.53. The Labute approximate surface area is 283 Å². The lowest BCUT2D eigenvalue weighted by Crippen LogP contribution is -2.25. The Balaban J connectivity index is 3.54. The third-order valence-corrected chi connectivity index (χ3v) is 8.63. The summed E-state index contributed by atoms with van der Waals surface area (Å²) in [5, 5.41) is 30.2. The molecule has 0 aliphatic heterocycles. The van der Waals surface area contributed by atoms with E-state index in [9.17, 15) is 24.9 Å². The number of carbonyl (C=O) groups excluding carboxylic acids is 2. The molecule has 0 saturated heterocycles. The lowest BCUT2D eigenvalue weighted by Gasteiger charge is -2.16. The molecule has 0 bridgehead atoms. The normalized spacial score (nSPS) is 13.7. The van der Waals surface area contributed by atoms with E-state index < -0.39 is 18.3 Å². The van der Waals surface area contributed by atoms with Crippen molar-refractivity contribution < 1.29 is 34.4 Å². The van der Waals surface area contributed by atoms with Crippen LogP contribution in [0, 0.1) is 5.92 Å². The molecular formula is C39H74O7. The van der Waals surface area contributed by atoms with Gasteiger partial charge < -0.3 is 24.8 Å². The molecule has 0 aromatic heterocycles. The van der Waals surface area contributed by atoms with Crippen LogP contribution in [0.2, 0.25) is 0 Å². The third kappa shape index (κ3) is 32.5. The van der Waals surface area contributed by atoms with Gasteiger partial charge >= 0.3 is 11.9 Å². The van der Waals surface area contributed by atoms with E-state index in [1.165, 1.54) is 83.5 Å². The van der Waals surface area contributed by atoms with E-state index in [2.05, 4.69) is 26.8 Å². The zero-order valence-electron chi connectivity index (χ0n) is 30.2. The molecule has 7 nitrogen and oxygen atoms in total. The Hall–Kier alpha value is -1.44. The van der Waals surface area contributed by atoms with Crippen LogP contribution in [0.1, 0.15) is 188 Å². The standard InChI is InChI=1S/C39H74O7/c1-4-5-6-7-18-23-28-36(41)37(42)29-24-19-16-21-26-31-39(44)46-33-35(40)32-45-38(43)30-25-20-15-13-11-9-8-10-12-14-17-22-27-34(2)3/h18,23,34-37,40-42H,4-17,19-22,24-33H2,1-3H3/b23-18-/t35-,36-,37-/m1/s1. The summed E-state index contributed by atoms with van der Waals surface area (Å²) in [6, 6.07) is 0. The van der Waals surface area contributed by atoms with E-state index in [1.807, 2.05) is 6.08 Å². The van der Waals surface area contributed by atoms with Crippen LogP contribution in [0.3, 0.4) is 0 Å². The number of carbonyl (C=O) groups is 2. The van der Waals surface area contributed by atoms with Gasteiger partial charge in [0.25, 0.3) is 0 Å². The first-order valence-corrected chi connectivity index (χ1v) is 19.3. The number of unbranched alkanes of at least 4 members (excludes halogenated alkanes) is 18. The van der Waals surface area contributed by atoms with Gasteiger partial charge in [-0.3, -0.25) is 9.59 Å². The van der Waals surface area contributed by atoms with Crippen LogP contribution in [-0.4, -0.2) is 58.8 Å². The molecule has 0 heterocycles. The molecule has 7 heteroatoms. The minimum Gasteiger partial charge on any atom is -0.463 e. The quantitative estimate of drug-likeness (QED) is 0.0360. The average molecular weight is 655 g/mol. The van der Waals surface area contributed by atoms with E-state index in [0.717, 1.165) is 57.3 Å². The largest absolute Gasteiger partial charge is 0.463 e. The van der Waals surface area contributed by atoms with Gasteiger partial charge in [-0.05, 0) is 44.4 Å². The lowest BCUT2D eigenvalue weighted by molar-refractivity contribution is -0.152. The van der Waals surface area contributed by atoms with E-state index in [-0.39, 0.29) is 31.6 Å². The van der Waals surface area contributed by atoms with Gasteiger partial charge in [-0.25, -0.2) is 0 Å². The van der Waals surface area contributed by atoms with Crippen molar-refractivity contribution in [2.24, 2.45) is 5.92 Å². The number of allylic oxidation sites excluding steroid dienone is 1. The van der Waals surface area contributed by atoms with Crippen LogP contribution in [0.15, 0.2) is 12.2 Å². The summed E-state index contributed by atoms with van der Waals surface area (Å²) in [6.45, 7) is 6.45. The molecule has 46 heavy (non-hydrogen) atoms. The molecule has 0 aromatic rings. The molecule has 0 aliphatic rings. The number of aliphatic hydroxyl groups is 3. The highest BCUT2D eigenvalue weighted by Crippen LogP contribution is 2.15. The van der Waals surface area contributed by atoms with Gasteiger partial charge in [0.2, 0.25) is 0 Å². The van der Waals surface area contributed by atoms with Crippen molar-refractivity contribution in [3.63, 3.8) is 0 Å². The van der Waals surface area contributed by atoms with Crippen LogP contribution in [0.5, 0.6) is 0 Å². The SMILES string of the molecule is CCCCC/C=C\C[C@@H](O)[C@H](O)CCCCCCCC(=O)OC[C@H](O)COC(=O)CCCCCCCCCCCCCCC(C)C. The van der Waals surface area contributed by atoms with Gasteiger partial charge in [-0.1, -0.05) is 148 Å². The van der Waals surface area contributed by atoms with Crippen molar-refractivity contribution in [1.29, 1.82) is 0 Å². The number of hydrogen-bond acceptors (Lipinski definition) is 7. The Kier molecular flexibility index (Phi) is 32.4. The molecule has 3 N–H and O–H groups in total. The van der Waals surface area contributed by atoms with Gasteiger partial charge in [-0.15, -0.1) is 0 Å². The maximum atomic E-state index is 12.0. The summed E-state index contributed by atoms with van der Waals surface area (Å²) >= 11 is 0. The summed E-state index contributed by atoms with van der Waals surface area (Å²) in [4.78, 5) is 23.9. The summed E-state index contributed by atoms with van der Waals surface area (Å²) in [7, 11) is 0. The van der Waals surface area contributed by atoms with Crippen molar-refractivity contribution in [1.82, 2.24) is 0 Å². The van der Waals surface area contributed by atoms with Crippen molar-refractivity contribution in [3.8, 4) is 0 Å². The molecular weight excluding hydrogens is 580 g/mol. The summed E-state index contributed by atoms with van der Waals surface area (Å²) in [6.07, 6.45) is 28.6. The highest BCUT2D eigenvalue weighted by Gasteiger charge is 2.14. The molecule has 0 unspecified atom stereocenters. The van der Waals surface area contributed by atoms with E-state index in [0.29, 0.717) is 25.7 Å². The fourth-order valence-electron chi connectivity index (χ4n) is 5.53. The number of esters is 2. The van der Waals surface area contributed by atoms with Crippen molar-refractivity contribution in [2.75, 3.05) is 13.2 Å². The zero-order valence-corrected chi connectivity index (χ0v) is 30.2. The first-order valence-electron chi connectivity index (χ1n) is 19.3. The Morgan fingerprint density at radius 1 is 0.543 bits per heavy atom. The fraction of sp³-hybridized carbons (Fsp3) is 0.897. The van der Waals surface area contributed by atoms with Crippen LogP contribution in [0.4, 0.5) is 0 Å². The second-order valence-electron chi connectivity index (χ2n) is 13.8. The molecule has 0 spiro atoms. The molecule has 272 valence electrons. The topological polar surface area (TPSA) is 113 Å². The summed E-state index contributed by atoms with van der Waals surface area (Å²) in [5.41, 5.74) is 0. The number of rotatable bonds is 34. The Morgan fingerprint density at radius 3 is 1.43 bits per heavy atom. The second-order valence-corrected chi connectivity index (χ2v) is 13.8. The molecule has 0 fully saturated rings. The number of aliphatic hydroxyl groups excluding tert-OH is 3. The van der Waals surface area contributed by atoms with Crippen LogP contribution in [-0.2, 0) is 19.1 Å². The van der Waals surface area contributed by atoms with E-state index in [4.69, 9.17) is 9.47 Å².